The summed E-state index contributed by atoms with van der Waals surface area (Å²) < 4.78 is 5.41. The van der Waals surface area contributed by atoms with Gasteiger partial charge in [0.05, 0.1) is 16.7 Å². The zero-order valence-corrected chi connectivity index (χ0v) is 12.7. The summed E-state index contributed by atoms with van der Waals surface area (Å²) in [7, 11) is 0. The summed E-state index contributed by atoms with van der Waals surface area (Å²) in [6, 6.07) is 1.70. The van der Waals surface area contributed by atoms with Gasteiger partial charge in [-0.3, -0.25) is 4.79 Å². The van der Waals surface area contributed by atoms with Gasteiger partial charge in [-0.15, -0.1) is 11.3 Å². The summed E-state index contributed by atoms with van der Waals surface area (Å²) in [4.78, 5) is 16.4. The van der Waals surface area contributed by atoms with Crippen LogP contribution in [0.15, 0.2) is 22.1 Å². The Kier molecular flexibility index (Phi) is 4.07. The van der Waals surface area contributed by atoms with Crippen molar-refractivity contribution in [1.82, 2.24) is 10.3 Å². The van der Waals surface area contributed by atoms with Crippen molar-refractivity contribution in [1.29, 1.82) is 0 Å². The van der Waals surface area contributed by atoms with Gasteiger partial charge in [0.15, 0.2) is 5.76 Å². The smallest absolute Gasteiger partial charge is 0.254 e. The van der Waals surface area contributed by atoms with Crippen LogP contribution in [0.1, 0.15) is 34.6 Å². The van der Waals surface area contributed by atoms with Gasteiger partial charge in [0.1, 0.15) is 12.0 Å². The highest BCUT2D eigenvalue weighted by molar-refractivity contribution is 7.09. The maximum absolute atomic E-state index is 12.1. The van der Waals surface area contributed by atoms with Crippen LogP contribution >= 0.6 is 11.3 Å². The van der Waals surface area contributed by atoms with E-state index in [9.17, 15) is 9.90 Å². The molecule has 2 aromatic rings. The zero-order valence-electron chi connectivity index (χ0n) is 11.8. The van der Waals surface area contributed by atoms with E-state index in [1.807, 2.05) is 12.3 Å². The average Bonchev–Trinajstić information content (AvgIpc) is 3.16. The van der Waals surface area contributed by atoms with Gasteiger partial charge in [-0.25, -0.2) is 4.98 Å². The molecule has 1 aliphatic carbocycles. The molecule has 2 unspecified atom stereocenters. The Morgan fingerprint density at radius 2 is 2.43 bits per heavy atom. The Morgan fingerprint density at radius 3 is 3.10 bits per heavy atom. The van der Waals surface area contributed by atoms with E-state index in [-0.39, 0.29) is 17.9 Å². The fraction of sp³-hybridized carbons (Fsp3) is 0.467. The Bertz CT molecular complexity index is 634. The van der Waals surface area contributed by atoms with E-state index >= 15 is 0 Å². The highest BCUT2D eigenvalue weighted by atomic mass is 32.1. The normalized spacial score (nSPS) is 21.6. The van der Waals surface area contributed by atoms with E-state index in [4.69, 9.17) is 4.42 Å². The molecule has 2 aromatic heterocycles. The maximum atomic E-state index is 12.1. The first-order valence-electron chi connectivity index (χ1n) is 7.11. The summed E-state index contributed by atoms with van der Waals surface area (Å²) >= 11 is 1.54. The van der Waals surface area contributed by atoms with Gasteiger partial charge < -0.3 is 14.8 Å². The second-order valence-electron chi connectivity index (χ2n) is 5.42. The predicted molar refractivity (Wildman–Crippen MR) is 80.2 cm³/mol. The van der Waals surface area contributed by atoms with Gasteiger partial charge in [0.25, 0.3) is 5.91 Å². The van der Waals surface area contributed by atoms with Crippen LogP contribution in [0, 0.1) is 12.8 Å². The summed E-state index contributed by atoms with van der Waals surface area (Å²) in [6.45, 7) is 2.44. The van der Waals surface area contributed by atoms with Crippen molar-refractivity contribution < 1.29 is 14.3 Å². The van der Waals surface area contributed by atoms with Gasteiger partial charge in [-0.1, -0.05) is 6.42 Å². The summed E-state index contributed by atoms with van der Waals surface area (Å²) in [5.41, 5.74) is 1.24. The lowest BCUT2D eigenvalue weighted by molar-refractivity contribution is 0.0916. The molecule has 1 amide bonds. The number of amides is 1. The Morgan fingerprint density at radius 1 is 1.57 bits per heavy atom. The monoisotopic (exact) mass is 306 g/mol. The molecule has 1 saturated carbocycles. The van der Waals surface area contributed by atoms with Gasteiger partial charge >= 0.3 is 0 Å². The number of hydrogen-bond donors (Lipinski definition) is 2. The van der Waals surface area contributed by atoms with Gasteiger partial charge in [0.2, 0.25) is 0 Å². The number of aryl methyl sites for hydroxylation is 1. The molecule has 5 nitrogen and oxygen atoms in total. The van der Waals surface area contributed by atoms with Crippen molar-refractivity contribution in [3.05, 3.63) is 28.3 Å². The minimum absolute atomic E-state index is 0.168. The number of hydrogen-bond acceptors (Lipinski definition) is 5. The summed E-state index contributed by atoms with van der Waals surface area (Å²) in [5.74, 6) is 0.600. The number of nitrogens with one attached hydrogen (secondary N) is 1. The van der Waals surface area contributed by atoms with E-state index < -0.39 is 0 Å². The first-order valence-corrected chi connectivity index (χ1v) is 7.99. The third-order valence-corrected chi connectivity index (χ3v) is 4.65. The van der Waals surface area contributed by atoms with Crippen LogP contribution < -0.4 is 5.32 Å². The Hall–Kier alpha value is -1.66. The van der Waals surface area contributed by atoms with Crippen LogP contribution in [0.4, 0.5) is 0 Å². The number of aliphatic hydroxyl groups excluding tert-OH is 1. The molecule has 0 spiro atoms. The summed E-state index contributed by atoms with van der Waals surface area (Å²) in [5, 5.41) is 15.5. The SMILES string of the molecule is Cc1nc(-c2cc(C(=O)NCC3CCCC3O)co2)cs1. The molecule has 2 heterocycles. The van der Waals surface area contributed by atoms with Crippen LogP contribution in [-0.2, 0) is 0 Å². The topological polar surface area (TPSA) is 75.4 Å². The lowest BCUT2D eigenvalue weighted by atomic mass is 10.1. The van der Waals surface area contributed by atoms with E-state index in [2.05, 4.69) is 10.3 Å². The lowest BCUT2D eigenvalue weighted by Gasteiger charge is -2.14. The van der Waals surface area contributed by atoms with Gasteiger partial charge in [-0.2, -0.15) is 0 Å². The van der Waals surface area contributed by atoms with Crippen molar-refractivity contribution in [3.63, 3.8) is 0 Å². The first kappa shape index (κ1) is 14.3. The highest BCUT2D eigenvalue weighted by Crippen LogP contribution is 2.25. The number of carbonyl (C=O) groups excluding carboxylic acids is 1. The minimum atomic E-state index is -0.289. The highest BCUT2D eigenvalue weighted by Gasteiger charge is 2.25. The molecule has 6 heteroatoms. The quantitative estimate of drug-likeness (QED) is 0.910. The number of aromatic nitrogens is 1. The second-order valence-corrected chi connectivity index (χ2v) is 6.48. The summed E-state index contributed by atoms with van der Waals surface area (Å²) in [6.07, 6.45) is 3.99. The van der Waals surface area contributed by atoms with Crippen molar-refractivity contribution in [2.45, 2.75) is 32.3 Å². The Balaban J connectivity index is 1.61. The van der Waals surface area contributed by atoms with Crippen molar-refractivity contribution >= 4 is 17.2 Å². The molecule has 1 aliphatic rings. The van der Waals surface area contributed by atoms with Gasteiger partial charge in [0, 0.05) is 17.8 Å². The predicted octanol–water partition coefficient (Wildman–Crippen LogP) is 2.60. The van der Waals surface area contributed by atoms with E-state index in [1.165, 1.54) is 6.26 Å². The van der Waals surface area contributed by atoms with E-state index in [0.717, 1.165) is 30.0 Å². The molecule has 2 atom stereocenters. The molecule has 3 rings (SSSR count). The van der Waals surface area contributed by atoms with Crippen LogP contribution in [0.25, 0.3) is 11.5 Å². The van der Waals surface area contributed by atoms with Crippen LogP contribution in [0.2, 0.25) is 0 Å². The molecule has 0 bridgehead atoms. The molecule has 0 radical (unpaired) electrons. The molecule has 21 heavy (non-hydrogen) atoms. The van der Waals surface area contributed by atoms with Gasteiger partial charge in [-0.05, 0) is 25.8 Å². The number of thiazole rings is 1. The minimum Gasteiger partial charge on any atom is -0.462 e. The number of carbonyl (C=O) groups is 1. The third-order valence-electron chi connectivity index (χ3n) is 3.88. The first-order chi connectivity index (χ1) is 10.1. The van der Waals surface area contributed by atoms with E-state index in [1.54, 1.807) is 17.4 Å². The largest absolute Gasteiger partial charge is 0.462 e. The lowest BCUT2D eigenvalue weighted by Crippen LogP contribution is -2.32. The molecule has 0 saturated heterocycles. The second kappa shape index (κ2) is 5.99. The van der Waals surface area contributed by atoms with Crippen LogP contribution in [0.5, 0.6) is 0 Å². The van der Waals surface area contributed by atoms with E-state index in [0.29, 0.717) is 17.9 Å². The third kappa shape index (κ3) is 3.16. The number of furan rings is 1. The molecule has 0 aliphatic heterocycles. The number of aliphatic hydroxyl groups is 1. The fourth-order valence-electron chi connectivity index (χ4n) is 2.65. The Labute approximate surface area is 127 Å². The average molecular weight is 306 g/mol. The van der Waals surface area contributed by atoms with Crippen LogP contribution in [-0.4, -0.2) is 28.6 Å². The molecule has 1 fully saturated rings. The van der Waals surface area contributed by atoms with Crippen LogP contribution in [0.3, 0.4) is 0 Å². The maximum Gasteiger partial charge on any atom is 0.254 e. The molecular formula is C15H18N2O3S. The standard InChI is InChI=1S/C15H18N2O3S/c1-9-17-12(8-21-9)14-5-11(7-20-14)15(19)16-6-10-3-2-4-13(10)18/h5,7-8,10,13,18H,2-4,6H2,1H3,(H,16,19). The number of nitrogens with zero attached hydrogens (tertiary/aromatic N) is 1. The number of rotatable bonds is 4. The van der Waals surface area contributed by atoms with Crippen molar-refractivity contribution in [2.24, 2.45) is 5.92 Å². The van der Waals surface area contributed by atoms with Crippen molar-refractivity contribution in [2.75, 3.05) is 6.54 Å². The molecule has 2 N–H and O–H groups in total. The molecule has 112 valence electrons. The van der Waals surface area contributed by atoms with Crippen molar-refractivity contribution in [3.8, 4) is 11.5 Å². The molecular weight excluding hydrogens is 288 g/mol. The fourth-order valence-corrected chi connectivity index (χ4v) is 3.25. The zero-order chi connectivity index (χ0) is 14.8. The molecule has 0 aromatic carbocycles.